The van der Waals surface area contributed by atoms with Crippen molar-refractivity contribution in [2.75, 3.05) is 31.1 Å². The van der Waals surface area contributed by atoms with Gasteiger partial charge in [0.15, 0.2) is 6.04 Å². The van der Waals surface area contributed by atoms with E-state index in [9.17, 15) is 9.59 Å². The zero-order valence-corrected chi connectivity index (χ0v) is 16.8. The molecule has 2 aromatic rings. The lowest BCUT2D eigenvalue weighted by Gasteiger charge is -2.32. The van der Waals surface area contributed by atoms with Crippen LogP contribution in [0.2, 0.25) is 5.02 Å². The molecule has 2 aromatic carbocycles. The minimum Gasteiger partial charge on any atom is -0.322 e. The Morgan fingerprint density at radius 1 is 1.04 bits per heavy atom. The zero-order valence-electron chi connectivity index (χ0n) is 16.1. The molecule has 0 spiro atoms. The van der Waals surface area contributed by atoms with E-state index in [1.54, 1.807) is 12.1 Å². The van der Waals surface area contributed by atoms with Crippen LogP contribution in [0.25, 0.3) is 0 Å². The number of nitrogens with one attached hydrogen (secondary N) is 2. The second-order valence-electron chi connectivity index (χ2n) is 7.83. The van der Waals surface area contributed by atoms with Crippen molar-refractivity contribution < 1.29 is 19.4 Å². The first-order chi connectivity index (χ1) is 13.5. The van der Waals surface area contributed by atoms with Gasteiger partial charge in [0, 0.05) is 10.6 Å². The SMILES string of the molecule is Cc1ccc(N2C(=O)C[C@@H]([NH+]3CC[NH+](Cc4ccccc4)CC3)C2=O)cc1Cl. The number of hydrogen-bond acceptors (Lipinski definition) is 2. The van der Waals surface area contributed by atoms with E-state index < -0.39 is 0 Å². The molecular formula is C22H26ClN3O2+2. The fraction of sp³-hybridized carbons (Fsp3) is 0.364. The number of anilines is 1. The first-order valence-electron chi connectivity index (χ1n) is 9.88. The predicted molar refractivity (Wildman–Crippen MR) is 109 cm³/mol. The summed E-state index contributed by atoms with van der Waals surface area (Å²) in [5, 5.41) is 0.576. The molecule has 2 amide bonds. The maximum absolute atomic E-state index is 13.0. The minimum atomic E-state index is -0.272. The van der Waals surface area contributed by atoms with Crippen molar-refractivity contribution in [3.8, 4) is 0 Å². The van der Waals surface area contributed by atoms with Crippen LogP contribution in [-0.4, -0.2) is 44.0 Å². The summed E-state index contributed by atoms with van der Waals surface area (Å²) in [6.07, 6.45) is 0.285. The molecule has 1 atom stereocenters. The van der Waals surface area contributed by atoms with Crippen molar-refractivity contribution in [3.63, 3.8) is 0 Å². The Kier molecular flexibility index (Phi) is 5.49. The molecule has 2 heterocycles. The third kappa shape index (κ3) is 3.83. The van der Waals surface area contributed by atoms with Crippen LogP contribution < -0.4 is 14.7 Å². The molecule has 0 bridgehead atoms. The third-order valence-corrected chi connectivity index (χ3v) is 6.36. The molecule has 4 rings (SSSR count). The topological polar surface area (TPSA) is 46.3 Å². The molecule has 2 N–H and O–H groups in total. The number of carbonyl (C=O) groups is 2. The number of hydrogen-bond donors (Lipinski definition) is 2. The second-order valence-corrected chi connectivity index (χ2v) is 8.24. The lowest BCUT2D eigenvalue weighted by molar-refractivity contribution is -1.02. The summed E-state index contributed by atoms with van der Waals surface area (Å²) in [6.45, 7) is 6.77. The highest BCUT2D eigenvalue weighted by atomic mass is 35.5. The number of quaternary nitrogens is 2. The van der Waals surface area contributed by atoms with Crippen LogP contribution in [0.4, 0.5) is 5.69 Å². The molecule has 0 aromatic heterocycles. The maximum Gasteiger partial charge on any atom is 0.292 e. The summed E-state index contributed by atoms with van der Waals surface area (Å²) in [4.78, 5) is 29.7. The first kappa shape index (κ1) is 19.1. The molecule has 2 aliphatic rings. The Labute approximate surface area is 170 Å². The van der Waals surface area contributed by atoms with Gasteiger partial charge in [-0.1, -0.05) is 48.0 Å². The third-order valence-electron chi connectivity index (χ3n) is 5.95. The Morgan fingerprint density at radius 3 is 2.43 bits per heavy atom. The number of nitrogens with zero attached hydrogens (tertiary/aromatic N) is 1. The van der Waals surface area contributed by atoms with Crippen LogP contribution in [0.5, 0.6) is 0 Å². The van der Waals surface area contributed by atoms with Crippen LogP contribution in [-0.2, 0) is 16.1 Å². The number of halogens is 1. The normalized spacial score (nSPS) is 25.4. The summed E-state index contributed by atoms with van der Waals surface area (Å²) >= 11 is 6.20. The number of imide groups is 1. The molecule has 0 radical (unpaired) electrons. The second kappa shape index (κ2) is 8.03. The van der Waals surface area contributed by atoms with Crippen molar-refractivity contribution in [1.82, 2.24) is 0 Å². The van der Waals surface area contributed by atoms with E-state index in [0.717, 1.165) is 38.3 Å². The number of aryl methyl sites for hydroxylation is 1. The van der Waals surface area contributed by atoms with E-state index in [0.29, 0.717) is 10.7 Å². The average molecular weight is 400 g/mol. The molecule has 5 nitrogen and oxygen atoms in total. The monoisotopic (exact) mass is 399 g/mol. The van der Waals surface area contributed by atoms with Crippen LogP contribution in [0.3, 0.4) is 0 Å². The van der Waals surface area contributed by atoms with E-state index in [4.69, 9.17) is 11.6 Å². The van der Waals surface area contributed by atoms with Crippen LogP contribution in [0.1, 0.15) is 17.5 Å². The Morgan fingerprint density at radius 2 is 1.75 bits per heavy atom. The minimum absolute atomic E-state index is 0.0913. The molecular weight excluding hydrogens is 374 g/mol. The van der Waals surface area contributed by atoms with Gasteiger partial charge in [0.2, 0.25) is 5.91 Å². The molecule has 2 aliphatic heterocycles. The van der Waals surface area contributed by atoms with E-state index in [2.05, 4.69) is 24.3 Å². The number of carbonyl (C=O) groups excluding carboxylic acids is 2. The highest BCUT2D eigenvalue weighted by molar-refractivity contribution is 6.32. The molecule has 146 valence electrons. The quantitative estimate of drug-likeness (QED) is 0.725. The van der Waals surface area contributed by atoms with E-state index in [-0.39, 0.29) is 24.3 Å². The number of amides is 2. The van der Waals surface area contributed by atoms with Gasteiger partial charge in [-0.2, -0.15) is 0 Å². The number of rotatable bonds is 4. The summed E-state index contributed by atoms with van der Waals surface area (Å²) in [6, 6.07) is 15.6. The molecule has 0 unspecified atom stereocenters. The van der Waals surface area contributed by atoms with Crippen LogP contribution >= 0.6 is 11.6 Å². The van der Waals surface area contributed by atoms with Crippen molar-refractivity contribution in [2.45, 2.75) is 25.9 Å². The smallest absolute Gasteiger partial charge is 0.292 e. The predicted octanol–water partition coefficient (Wildman–Crippen LogP) is 0.264. The Hall–Kier alpha value is -2.21. The molecule has 2 saturated heterocycles. The standard InChI is InChI=1S/C22H24ClN3O2/c1-16-7-8-18(13-19(16)23)26-21(27)14-20(22(26)28)25-11-9-24(10-12-25)15-17-5-3-2-4-6-17/h2-8,13,20H,9-12,14-15H2,1H3/p+2/t20-/m1/s1. The van der Waals surface area contributed by atoms with E-state index in [1.165, 1.54) is 20.3 Å². The van der Waals surface area contributed by atoms with Crippen LogP contribution in [0.15, 0.2) is 48.5 Å². The van der Waals surface area contributed by atoms with Gasteiger partial charge in [0.1, 0.15) is 32.7 Å². The zero-order chi connectivity index (χ0) is 19.7. The summed E-state index contributed by atoms with van der Waals surface area (Å²) in [5.41, 5.74) is 2.86. The molecule has 2 fully saturated rings. The molecule has 0 saturated carbocycles. The first-order valence-corrected chi connectivity index (χ1v) is 10.3. The van der Waals surface area contributed by atoms with Gasteiger partial charge in [-0.05, 0) is 24.6 Å². The fourth-order valence-electron chi connectivity index (χ4n) is 4.28. The fourth-order valence-corrected chi connectivity index (χ4v) is 4.45. The molecule has 6 heteroatoms. The van der Waals surface area contributed by atoms with Gasteiger partial charge >= 0.3 is 0 Å². The van der Waals surface area contributed by atoms with Crippen LogP contribution in [0, 0.1) is 6.92 Å². The maximum atomic E-state index is 13.0. The average Bonchev–Trinajstić information content (AvgIpc) is 3.00. The Balaban J connectivity index is 1.40. The van der Waals surface area contributed by atoms with Crippen molar-refractivity contribution >= 4 is 29.1 Å². The van der Waals surface area contributed by atoms with E-state index >= 15 is 0 Å². The Bertz CT molecular complexity index is 879. The molecule has 0 aliphatic carbocycles. The van der Waals surface area contributed by atoms with E-state index in [1.807, 2.05) is 19.1 Å². The van der Waals surface area contributed by atoms with Gasteiger partial charge in [0.05, 0.1) is 12.1 Å². The lowest BCUT2D eigenvalue weighted by Crippen LogP contribution is -3.29. The highest BCUT2D eigenvalue weighted by Gasteiger charge is 2.47. The number of benzene rings is 2. The summed E-state index contributed by atoms with van der Waals surface area (Å²) in [5.74, 6) is -0.215. The lowest BCUT2D eigenvalue weighted by atomic mass is 10.1. The van der Waals surface area contributed by atoms with Crippen molar-refractivity contribution in [2.24, 2.45) is 0 Å². The van der Waals surface area contributed by atoms with Crippen molar-refractivity contribution in [1.29, 1.82) is 0 Å². The van der Waals surface area contributed by atoms with Gasteiger partial charge in [-0.3, -0.25) is 9.59 Å². The molecule has 28 heavy (non-hydrogen) atoms. The van der Waals surface area contributed by atoms with Gasteiger partial charge in [-0.25, -0.2) is 4.90 Å². The largest absolute Gasteiger partial charge is 0.322 e. The summed E-state index contributed by atoms with van der Waals surface area (Å²) < 4.78 is 0. The number of piperazine rings is 1. The van der Waals surface area contributed by atoms with Crippen molar-refractivity contribution in [3.05, 3.63) is 64.7 Å². The highest BCUT2D eigenvalue weighted by Crippen LogP contribution is 2.27. The van der Waals surface area contributed by atoms with Gasteiger partial charge < -0.3 is 9.80 Å². The van der Waals surface area contributed by atoms with Gasteiger partial charge in [-0.15, -0.1) is 0 Å². The summed E-state index contributed by atoms with van der Waals surface area (Å²) in [7, 11) is 0. The van der Waals surface area contributed by atoms with Gasteiger partial charge in [0.25, 0.3) is 5.91 Å².